The second-order valence-corrected chi connectivity index (χ2v) is 7.41. The molecular weight excluding hydrogens is 310 g/mol. The van der Waals surface area contributed by atoms with Crippen LogP contribution in [0.3, 0.4) is 0 Å². The summed E-state index contributed by atoms with van der Waals surface area (Å²) in [4.78, 5) is 22.3. The largest absolute Gasteiger partial charge is 0.451 e. The second kappa shape index (κ2) is 5.92. The van der Waals surface area contributed by atoms with Crippen LogP contribution in [0.1, 0.15) is 52.3 Å². The molecule has 2 aromatic rings. The van der Waals surface area contributed by atoms with Crippen LogP contribution in [0.25, 0.3) is 0 Å². The van der Waals surface area contributed by atoms with Gasteiger partial charge in [-0.15, -0.1) is 11.3 Å². The van der Waals surface area contributed by atoms with Crippen molar-refractivity contribution in [2.45, 2.75) is 46.1 Å². The van der Waals surface area contributed by atoms with Crippen LogP contribution in [-0.2, 0) is 23.2 Å². The predicted octanol–water partition coefficient (Wildman–Crippen LogP) is 3.47. The van der Waals surface area contributed by atoms with Crippen LogP contribution in [0.2, 0.25) is 0 Å². The van der Waals surface area contributed by atoms with Crippen molar-refractivity contribution in [3.63, 3.8) is 0 Å². The maximum Gasteiger partial charge on any atom is 0.343 e. The van der Waals surface area contributed by atoms with Crippen molar-refractivity contribution in [2.24, 2.45) is 0 Å². The number of rotatable bonds is 5. The molecule has 3 heterocycles. The third kappa shape index (κ3) is 2.95. The van der Waals surface area contributed by atoms with Crippen molar-refractivity contribution < 1.29 is 9.53 Å². The smallest absolute Gasteiger partial charge is 0.343 e. The number of hydrogen-bond acceptors (Lipinski definition) is 6. The summed E-state index contributed by atoms with van der Waals surface area (Å²) < 4.78 is 5.43. The minimum Gasteiger partial charge on any atom is -0.451 e. The quantitative estimate of drug-likeness (QED) is 0.850. The van der Waals surface area contributed by atoms with Crippen LogP contribution in [0.4, 0.5) is 5.82 Å². The Morgan fingerprint density at radius 3 is 2.87 bits per heavy atom. The Balaban J connectivity index is 1.72. The Morgan fingerprint density at radius 1 is 1.39 bits per heavy atom. The minimum absolute atomic E-state index is 0.307. The van der Waals surface area contributed by atoms with Crippen LogP contribution in [0.5, 0.6) is 0 Å². The van der Waals surface area contributed by atoms with E-state index in [1.807, 2.05) is 19.9 Å². The first kappa shape index (κ1) is 15.9. The number of anilines is 1. The Kier molecular flexibility index (Phi) is 4.10. The molecule has 0 amide bonds. The lowest BCUT2D eigenvalue weighted by Crippen LogP contribution is -2.15. The molecule has 0 fully saturated rings. The molecule has 0 spiro atoms. The van der Waals surface area contributed by atoms with E-state index in [0.717, 1.165) is 23.4 Å². The number of pyridine rings is 1. The number of hydrogen-bond donors (Lipinski definition) is 1. The first-order valence-electron chi connectivity index (χ1n) is 7.84. The maximum atomic E-state index is 12.1. The average molecular weight is 331 g/mol. The second-order valence-electron chi connectivity index (χ2n) is 6.12. The van der Waals surface area contributed by atoms with Crippen molar-refractivity contribution in [3.05, 3.63) is 39.0 Å². The molecule has 1 aliphatic rings. The summed E-state index contributed by atoms with van der Waals surface area (Å²) in [5.41, 5.74) is 2.03. The highest BCUT2D eigenvalue weighted by atomic mass is 32.1. The van der Waals surface area contributed by atoms with E-state index < -0.39 is 5.60 Å². The summed E-state index contributed by atoms with van der Waals surface area (Å²) in [5, 5.41) is 4.38. The van der Waals surface area contributed by atoms with Gasteiger partial charge < -0.3 is 10.1 Å². The van der Waals surface area contributed by atoms with Crippen molar-refractivity contribution in [2.75, 3.05) is 11.9 Å². The number of thiazole rings is 1. The third-order valence-corrected chi connectivity index (χ3v) is 5.13. The summed E-state index contributed by atoms with van der Waals surface area (Å²) in [5.74, 6) is 0.293. The highest BCUT2D eigenvalue weighted by Gasteiger charge is 2.39. The monoisotopic (exact) mass is 331 g/mol. The zero-order chi connectivity index (χ0) is 16.6. The standard InChI is InChI=1S/C17H21N3O2S/c1-5-12-10(2)23-13(20-12)7-9-19-15-14-11(6-8-18-15)17(3,4)22-16(14)21/h6,8H,5,7,9H2,1-4H3,(H,18,19). The van der Waals surface area contributed by atoms with E-state index in [1.54, 1.807) is 17.5 Å². The summed E-state index contributed by atoms with van der Waals surface area (Å²) in [7, 11) is 0. The van der Waals surface area contributed by atoms with Crippen LogP contribution < -0.4 is 5.32 Å². The van der Waals surface area contributed by atoms with Gasteiger partial charge in [-0.3, -0.25) is 0 Å². The molecule has 0 aliphatic carbocycles. The molecule has 0 saturated heterocycles. The van der Waals surface area contributed by atoms with Gasteiger partial charge in [-0.05, 0) is 33.3 Å². The lowest BCUT2D eigenvalue weighted by molar-refractivity contribution is 0.00958. The maximum absolute atomic E-state index is 12.1. The van der Waals surface area contributed by atoms with Gasteiger partial charge in [0.25, 0.3) is 0 Å². The molecular formula is C17H21N3O2S. The van der Waals surface area contributed by atoms with Gasteiger partial charge in [0, 0.05) is 29.6 Å². The molecule has 3 rings (SSSR count). The number of aryl methyl sites for hydroxylation is 2. The lowest BCUT2D eigenvalue weighted by atomic mass is 9.97. The fraction of sp³-hybridized carbons (Fsp3) is 0.471. The summed E-state index contributed by atoms with van der Waals surface area (Å²) in [6.45, 7) is 8.70. The normalized spacial score (nSPS) is 15.4. The topological polar surface area (TPSA) is 64.1 Å². The molecule has 2 aromatic heterocycles. The Morgan fingerprint density at radius 2 is 2.17 bits per heavy atom. The number of cyclic esters (lactones) is 1. The molecule has 0 saturated carbocycles. The van der Waals surface area contributed by atoms with Gasteiger partial charge in [0.1, 0.15) is 17.0 Å². The van der Waals surface area contributed by atoms with E-state index in [9.17, 15) is 4.79 Å². The van der Waals surface area contributed by atoms with Gasteiger partial charge in [-0.1, -0.05) is 6.92 Å². The van der Waals surface area contributed by atoms with Crippen LogP contribution in [0, 0.1) is 6.92 Å². The van der Waals surface area contributed by atoms with E-state index in [1.165, 1.54) is 10.6 Å². The number of nitrogens with zero attached hydrogens (tertiary/aromatic N) is 2. The number of nitrogens with one attached hydrogen (secondary N) is 1. The fourth-order valence-corrected chi connectivity index (χ4v) is 3.87. The van der Waals surface area contributed by atoms with E-state index in [2.05, 4.69) is 29.1 Å². The first-order valence-corrected chi connectivity index (χ1v) is 8.66. The molecule has 122 valence electrons. The van der Waals surface area contributed by atoms with Gasteiger partial charge in [0.2, 0.25) is 0 Å². The summed E-state index contributed by atoms with van der Waals surface area (Å²) in [6, 6.07) is 1.85. The highest BCUT2D eigenvalue weighted by Crippen LogP contribution is 2.38. The van der Waals surface area contributed by atoms with Gasteiger partial charge >= 0.3 is 5.97 Å². The number of aromatic nitrogens is 2. The van der Waals surface area contributed by atoms with Gasteiger partial charge in [-0.25, -0.2) is 14.8 Å². The zero-order valence-electron chi connectivity index (χ0n) is 13.9. The van der Waals surface area contributed by atoms with E-state index >= 15 is 0 Å². The molecule has 0 bridgehead atoms. The first-order chi connectivity index (χ1) is 10.9. The zero-order valence-corrected chi connectivity index (χ0v) is 14.7. The number of carbonyl (C=O) groups excluding carboxylic acids is 1. The number of carbonyl (C=O) groups is 1. The molecule has 1 N–H and O–H groups in total. The van der Waals surface area contributed by atoms with Gasteiger partial charge in [0.15, 0.2) is 0 Å². The minimum atomic E-state index is -0.589. The van der Waals surface area contributed by atoms with Crippen molar-refractivity contribution in [1.82, 2.24) is 9.97 Å². The SMILES string of the molecule is CCc1nc(CCNc2nccc3c2C(=O)OC3(C)C)sc1C. The molecule has 5 nitrogen and oxygen atoms in total. The Bertz CT molecular complexity index is 752. The number of ether oxygens (including phenoxy) is 1. The number of fused-ring (bicyclic) bond motifs is 1. The Hall–Kier alpha value is -1.95. The summed E-state index contributed by atoms with van der Waals surface area (Å²) >= 11 is 1.74. The third-order valence-electron chi connectivity index (χ3n) is 4.05. The number of esters is 1. The van der Waals surface area contributed by atoms with Crippen LogP contribution in [-0.4, -0.2) is 22.5 Å². The molecule has 0 atom stereocenters. The molecule has 6 heteroatoms. The van der Waals surface area contributed by atoms with Crippen molar-refractivity contribution in [1.29, 1.82) is 0 Å². The molecule has 1 aliphatic heterocycles. The predicted molar refractivity (Wildman–Crippen MR) is 91.1 cm³/mol. The lowest BCUT2D eigenvalue weighted by Gasteiger charge is -2.17. The summed E-state index contributed by atoms with van der Waals surface area (Å²) in [6.07, 6.45) is 3.49. The van der Waals surface area contributed by atoms with E-state index in [0.29, 0.717) is 17.9 Å². The fourth-order valence-electron chi connectivity index (χ4n) is 2.85. The van der Waals surface area contributed by atoms with Crippen LogP contribution >= 0.6 is 11.3 Å². The van der Waals surface area contributed by atoms with E-state index in [-0.39, 0.29) is 5.97 Å². The van der Waals surface area contributed by atoms with Crippen LogP contribution in [0.15, 0.2) is 12.3 Å². The molecule has 23 heavy (non-hydrogen) atoms. The van der Waals surface area contributed by atoms with Crippen molar-refractivity contribution in [3.8, 4) is 0 Å². The molecule has 0 aromatic carbocycles. The van der Waals surface area contributed by atoms with Crippen molar-refractivity contribution >= 4 is 23.1 Å². The average Bonchev–Trinajstić information content (AvgIpc) is 2.97. The highest BCUT2D eigenvalue weighted by molar-refractivity contribution is 7.11. The van der Waals surface area contributed by atoms with Gasteiger partial charge in [0.05, 0.1) is 10.7 Å². The van der Waals surface area contributed by atoms with Gasteiger partial charge in [-0.2, -0.15) is 0 Å². The molecule has 0 unspecified atom stereocenters. The Labute approximate surface area is 140 Å². The molecule has 0 radical (unpaired) electrons. The van der Waals surface area contributed by atoms with E-state index in [4.69, 9.17) is 4.74 Å².